The molecule has 388 valence electrons. The van der Waals surface area contributed by atoms with E-state index < -0.39 is 84.6 Å². The third kappa shape index (κ3) is 22.2. The Morgan fingerprint density at radius 1 is 0.882 bits per heavy atom. The number of phosphoric acid groups is 3. The first-order valence-electron chi connectivity index (χ1n) is 22.8. The summed E-state index contributed by atoms with van der Waals surface area (Å²) in [4.78, 5) is 88.4. The first-order valence-corrected chi connectivity index (χ1v) is 28.3. The van der Waals surface area contributed by atoms with Crippen molar-refractivity contribution < 1.29 is 80.5 Å². The van der Waals surface area contributed by atoms with Crippen molar-refractivity contribution >= 4 is 69.1 Å². The molecule has 3 rings (SSSR count). The molecular weight excluding hydrogens is 975 g/mol. The summed E-state index contributed by atoms with van der Waals surface area (Å²) in [6.45, 7) is 2.80. The molecule has 1 aliphatic heterocycles. The average molecular weight is 1050 g/mol. The van der Waals surface area contributed by atoms with Gasteiger partial charge in [0, 0.05) is 37.1 Å². The van der Waals surface area contributed by atoms with E-state index in [4.69, 9.17) is 19.5 Å². The molecule has 10 N–H and O–H groups in total. The Balaban J connectivity index is 1.29. The molecule has 24 nitrogen and oxygen atoms in total. The first kappa shape index (κ1) is 59.6. The topological polar surface area (TPSA) is 364 Å². The number of fused-ring (bicyclic) bond motifs is 1. The number of hydrogen-bond acceptors (Lipinski definition) is 18. The second kappa shape index (κ2) is 29.6. The molecule has 2 aromatic heterocycles. The second-order valence-corrected chi connectivity index (χ2v) is 22.4. The zero-order valence-corrected chi connectivity index (χ0v) is 42.3. The number of nitrogens with zero attached hydrogens (tertiary/aromatic N) is 4. The van der Waals surface area contributed by atoms with Crippen LogP contribution in [0.3, 0.4) is 0 Å². The summed E-state index contributed by atoms with van der Waals surface area (Å²) in [6, 6.07) is 0. The van der Waals surface area contributed by atoms with Crippen molar-refractivity contribution in [2.75, 3.05) is 37.8 Å². The summed E-state index contributed by atoms with van der Waals surface area (Å²) >= 11 is 1.15. The summed E-state index contributed by atoms with van der Waals surface area (Å²) in [6.07, 6.45) is 14.9. The van der Waals surface area contributed by atoms with Crippen LogP contribution in [0, 0.1) is 5.41 Å². The number of amides is 2. The number of anilines is 1. The SMILES string of the molecule is CCCCCCCCC/C=C/CCCCCCCC(=O)SCCNC(=O)CCNC(=O)C(O)C(C)(C)COP(=O)(O)OP(=O)(O)OCC1OC(n2cnc3c(N)ncnc32)C(O)C1OP(=O)(O)O. The van der Waals surface area contributed by atoms with Crippen LogP contribution in [0.15, 0.2) is 24.8 Å². The number of aliphatic hydroxyl groups excluding tert-OH is 2. The fourth-order valence-electron chi connectivity index (χ4n) is 6.88. The van der Waals surface area contributed by atoms with Crippen LogP contribution in [0.2, 0.25) is 0 Å². The number of rotatable bonds is 35. The molecule has 0 spiro atoms. The van der Waals surface area contributed by atoms with Gasteiger partial charge in [-0.2, -0.15) is 4.31 Å². The summed E-state index contributed by atoms with van der Waals surface area (Å²) < 4.78 is 62.4. The van der Waals surface area contributed by atoms with E-state index in [0.29, 0.717) is 12.2 Å². The third-order valence-electron chi connectivity index (χ3n) is 10.7. The zero-order valence-electron chi connectivity index (χ0n) is 38.8. The number of allylic oxidation sites excluding steroid dienone is 2. The van der Waals surface area contributed by atoms with Gasteiger partial charge in [0.2, 0.25) is 11.8 Å². The van der Waals surface area contributed by atoms with Crippen LogP contribution < -0.4 is 16.4 Å². The molecule has 28 heteroatoms. The molecule has 1 saturated heterocycles. The lowest BCUT2D eigenvalue weighted by Crippen LogP contribution is -2.46. The van der Waals surface area contributed by atoms with Gasteiger partial charge >= 0.3 is 23.5 Å². The number of ether oxygens (including phenoxy) is 1. The van der Waals surface area contributed by atoms with Crippen LogP contribution in [0.5, 0.6) is 0 Å². The maximum Gasteiger partial charge on any atom is 0.481 e. The van der Waals surface area contributed by atoms with Crippen LogP contribution in [0.4, 0.5) is 5.82 Å². The van der Waals surface area contributed by atoms with Crippen molar-refractivity contribution in [2.45, 2.75) is 154 Å². The number of nitrogens with one attached hydrogen (secondary N) is 2. The molecule has 0 radical (unpaired) electrons. The van der Waals surface area contributed by atoms with Crippen LogP contribution >= 0.6 is 35.2 Å². The van der Waals surface area contributed by atoms with Crippen molar-refractivity contribution in [3.05, 3.63) is 24.8 Å². The second-order valence-electron chi connectivity index (χ2n) is 17.0. The monoisotopic (exact) mass is 1050 g/mol. The molecule has 3 heterocycles. The maximum absolute atomic E-state index is 12.7. The standard InChI is InChI=1S/C40H70N7O17P3S/c1-4-5-6-7-8-9-10-11-12-13-14-15-16-17-18-19-20-31(49)68-24-23-42-30(48)21-22-43-38(52)35(51)40(2,3)26-61-67(58,59)64-66(56,57)60-25-29-34(63-65(53,54)55)33(50)39(62-29)47-28-46-32-36(41)44-27-45-37(32)47/h12-13,27-29,33-35,39,50-51H,4-11,14-26H2,1-3H3,(H,42,48)(H,43,52)(H,56,57)(H,58,59)(H2,41,44,45)(H2,53,54,55)/b13-12+. The van der Waals surface area contributed by atoms with E-state index in [-0.39, 0.29) is 41.6 Å². The smallest absolute Gasteiger partial charge is 0.386 e. The molecule has 7 atom stereocenters. The van der Waals surface area contributed by atoms with Gasteiger partial charge in [0.1, 0.15) is 36.3 Å². The van der Waals surface area contributed by atoms with Crippen molar-refractivity contribution in [1.82, 2.24) is 30.2 Å². The van der Waals surface area contributed by atoms with Gasteiger partial charge in [-0.15, -0.1) is 0 Å². The summed E-state index contributed by atoms with van der Waals surface area (Å²) in [5.74, 6) is -1.03. The quantitative estimate of drug-likeness (QED) is 0.0246. The Bertz CT molecular complexity index is 2060. The Labute approximate surface area is 400 Å². The fraction of sp³-hybridized carbons (Fsp3) is 0.750. The van der Waals surface area contributed by atoms with Gasteiger partial charge in [-0.05, 0) is 32.1 Å². The number of nitrogens with two attached hydrogens (primary N) is 1. The predicted octanol–water partition coefficient (Wildman–Crippen LogP) is 5.09. The minimum absolute atomic E-state index is 0.0332. The van der Waals surface area contributed by atoms with E-state index in [1.165, 1.54) is 58.8 Å². The van der Waals surface area contributed by atoms with Crippen LogP contribution in [-0.2, 0) is 50.7 Å². The molecule has 0 aliphatic carbocycles. The molecule has 0 bridgehead atoms. The maximum atomic E-state index is 12.7. The Morgan fingerprint density at radius 2 is 1.50 bits per heavy atom. The van der Waals surface area contributed by atoms with E-state index in [2.05, 4.69) is 53.5 Å². The van der Waals surface area contributed by atoms with E-state index in [0.717, 1.165) is 73.9 Å². The highest BCUT2D eigenvalue weighted by molar-refractivity contribution is 8.13. The molecule has 0 saturated carbocycles. The Morgan fingerprint density at radius 3 is 2.15 bits per heavy atom. The van der Waals surface area contributed by atoms with Crippen molar-refractivity contribution in [3.63, 3.8) is 0 Å². The largest absolute Gasteiger partial charge is 0.481 e. The van der Waals surface area contributed by atoms with Crippen molar-refractivity contribution in [3.8, 4) is 0 Å². The lowest BCUT2D eigenvalue weighted by molar-refractivity contribution is -0.137. The van der Waals surface area contributed by atoms with E-state index in [1.54, 1.807) is 0 Å². The van der Waals surface area contributed by atoms with Crippen molar-refractivity contribution in [2.24, 2.45) is 5.41 Å². The molecule has 1 fully saturated rings. The zero-order chi connectivity index (χ0) is 50.4. The van der Waals surface area contributed by atoms with E-state index >= 15 is 0 Å². The molecular formula is C40H70N7O17P3S. The van der Waals surface area contributed by atoms with Crippen LogP contribution in [0.1, 0.15) is 130 Å². The lowest BCUT2D eigenvalue weighted by atomic mass is 9.87. The highest BCUT2D eigenvalue weighted by Gasteiger charge is 2.50. The molecule has 0 aromatic carbocycles. The average Bonchev–Trinajstić information content (AvgIpc) is 3.83. The van der Waals surface area contributed by atoms with Gasteiger partial charge < -0.3 is 50.9 Å². The van der Waals surface area contributed by atoms with E-state index in [9.17, 15) is 57.9 Å². The van der Waals surface area contributed by atoms with Gasteiger partial charge in [0.15, 0.2) is 22.8 Å². The van der Waals surface area contributed by atoms with Gasteiger partial charge in [-0.3, -0.25) is 32.5 Å². The molecule has 2 amide bonds. The van der Waals surface area contributed by atoms with Crippen LogP contribution in [-0.4, -0.2) is 123 Å². The number of unbranched alkanes of at least 4 members (excludes halogenated alkanes) is 12. The molecule has 7 unspecified atom stereocenters. The number of imidazole rings is 1. The normalized spacial score (nSPS) is 20.1. The summed E-state index contributed by atoms with van der Waals surface area (Å²) in [7, 11) is -16.4. The number of thioether (sulfide) groups is 1. The number of hydrogen-bond donors (Lipinski definition) is 9. The number of nitrogen functional groups attached to an aromatic ring is 1. The minimum Gasteiger partial charge on any atom is -0.386 e. The number of aliphatic hydroxyl groups is 2. The highest BCUT2D eigenvalue weighted by Crippen LogP contribution is 2.61. The van der Waals surface area contributed by atoms with Gasteiger partial charge in [-0.1, -0.05) is 102 Å². The Hall–Kier alpha value is -2.70. The lowest BCUT2D eigenvalue weighted by Gasteiger charge is -2.30. The predicted molar refractivity (Wildman–Crippen MR) is 251 cm³/mol. The van der Waals surface area contributed by atoms with E-state index in [1.807, 2.05) is 0 Å². The van der Waals surface area contributed by atoms with Gasteiger partial charge in [0.05, 0.1) is 19.5 Å². The minimum atomic E-state index is -5.58. The van der Waals surface area contributed by atoms with Gasteiger partial charge in [0.25, 0.3) is 0 Å². The molecule has 2 aromatic rings. The number of phosphoric ester groups is 3. The first-order chi connectivity index (χ1) is 32.1. The number of aromatic nitrogens is 4. The number of carbonyl (C=O) groups is 3. The summed E-state index contributed by atoms with van der Waals surface area (Å²) in [5.41, 5.74) is 4.29. The summed E-state index contributed by atoms with van der Waals surface area (Å²) in [5, 5.41) is 26.7. The third-order valence-corrected chi connectivity index (χ3v) is 14.7. The Kier molecular flexibility index (Phi) is 25.9. The van der Waals surface area contributed by atoms with Crippen LogP contribution in [0.25, 0.3) is 11.2 Å². The highest BCUT2D eigenvalue weighted by atomic mass is 32.2. The van der Waals surface area contributed by atoms with Crippen molar-refractivity contribution in [1.29, 1.82) is 0 Å². The fourth-order valence-corrected chi connectivity index (χ4v) is 10.4. The molecule has 68 heavy (non-hydrogen) atoms. The molecule has 1 aliphatic rings. The van der Waals surface area contributed by atoms with Gasteiger partial charge in [-0.25, -0.2) is 28.6 Å². The number of carbonyl (C=O) groups excluding carboxylic acids is 3.